The van der Waals surface area contributed by atoms with Gasteiger partial charge >= 0.3 is 0 Å². The summed E-state index contributed by atoms with van der Waals surface area (Å²) in [4.78, 5) is 0. The average Bonchev–Trinajstić information content (AvgIpc) is 2.04. The van der Waals surface area contributed by atoms with E-state index in [1.807, 2.05) is 24.3 Å². The number of allylic oxidation sites excluding steroid dienone is 7. The third-order valence-corrected chi connectivity index (χ3v) is 1.41. The summed E-state index contributed by atoms with van der Waals surface area (Å²) in [6.07, 6.45) is 12.9. The zero-order valence-electron chi connectivity index (χ0n) is 7.38. The fourth-order valence-electron chi connectivity index (χ4n) is 0.545. The van der Waals surface area contributed by atoms with Gasteiger partial charge in [-0.25, -0.2) is 0 Å². The molecular weight excluding hydrogens is 132 g/mol. The monoisotopic (exact) mass is 148 g/mol. The van der Waals surface area contributed by atoms with Crippen LogP contribution in [0.15, 0.2) is 48.6 Å². The maximum absolute atomic E-state index is 3.57. The highest BCUT2D eigenvalue weighted by molar-refractivity contribution is 5.16. The Kier molecular flexibility index (Phi) is 6.40. The molecule has 0 nitrogen and oxygen atoms in total. The Labute approximate surface area is 69.6 Å². The summed E-state index contributed by atoms with van der Waals surface area (Å²) in [5.74, 6) is 0. The van der Waals surface area contributed by atoms with E-state index in [1.165, 1.54) is 5.57 Å². The van der Waals surface area contributed by atoms with Gasteiger partial charge in [-0.3, -0.25) is 0 Å². The summed E-state index contributed by atoms with van der Waals surface area (Å²) in [5, 5.41) is 0. The number of hydrogen-bond donors (Lipinski definition) is 0. The molecule has 0 amide bonds. The van der Waals surface area contributed by atoms with Crippen LogP contribution >= 0.6 is 0 Å². The van der Waals surface area contributed by atoms with Crippen molar-refractivity contribution in [3.63, 3.8) is 0 Å². The molecule has 0 unspecified atom stereocenters. The molecule has 0 aliphatic heterocycles. The first-order valence-corrected chi connectivity index (χ1v) is 3.92. The van der Waals surface area contributed by atoms with Crippen molar-refractivity contribution in [1.29, 1.82) is 0 Å². The van der Waals surface area contributed by atoms with Gasteiger partial charge in [0.2, 0.25) is 0 Å². The molecule has 60 valence electrons. The molecule has 0 aromatic heterocycles. The van der Waals surface area contributed by atoms with Crippen LogP contribution < -0.4 is 0 Å². The van der Waals surface area contributed by atoms with Gasteiger partial charge in [0, 0.05) is 0 Å². The summed E-state index contributed by atoms with van der Waals surface area (Å²) in [6, 6.07) is 0. The first kappa shape index (κ1) is 9.96. The van der Waals surface area contributed by atoms with Gasteiger partial charge in [0.1, 0.15) is 0 Å². The Hall–Kier alpha value is -1.04. The molecule has 11 heavy (non-hydrogen) atoms. The summed E-state index contributed by atoms with van der Waals surface area (Å²) >= 11 is 0. The molecule has 0 bridgehead atoms. The highest BCUT2D eigenvalue weighted by Crippen LogP contribution is 1.97. The lowest BCUT2D eigenvalue weighted by Gasteiger charge is -1.87. The van der Waals surface area contributed by atoms with Crippen molar-refractivity contribution in [2.45, 2.75) is 20.3 Å². The molecule has 0 spiro atoms. The minimum Gasteiger partial charge on any atom is -0.0991 e. The van der Waals surface area contributed by atoms with Crippen LogP contribution in [0.4, 0.5) is 0 Å². The summed E-state index contributed by atoms with van der Waals surface area (Å²) < 4.78 is 0. The molecule has 0 aromatic rings. The Morgan fingerprint density at radius 1 is 1.18 bits per heavy atom. The molecule has 0 saturated heterocycles. The Morgan fingerprint density at radius 3 is 2.36 bits per heavy atom. The second-order valence-electron chi connectivity index (χ2n) is 2.37. The van der Waals surface area contributed by atoms with Crippen molar-refractivity contribution in [2.24, 2.45) is 0 Å². The molecular formula is C11H16. The fraction of sp³-hybridized carbons (Fsp3) is 0.273. The van der Waals surface area contributed by atoms with E-state index in [1.54, 1.807) is 6.08 Å². The van der Waals surface area contributed by atoms with E-state index in [9.17, 15) is 0 Å². The number of rotatable bonds is 4. The van der Waals surface area contributed by atoms with E-state index in [0.717, 1.165) is 6.42 Å². The van der Waals surface area contributed by atoms with Crippen molar-refractivity contribution in [2.75, 3.05) is 0 Å². The molecule has 0 N–H and O–H groups in total. The van der Waals surface area contributed by atoms with Crippen LogP contribution in [0.25, 0.3) is 0 Å². The normalized spacial score (nSPS) is 13.1. The third-order valence-electron chi connectivity index (χ3n) is 1.41. The van der Waals surface area contributed by atoms with E-state index in [-0.39, 0.29) is 0 Å². The molecule has 0 heteroatoms. The largest absolute Gasteiger partial charge is 0.0991 e. The van der Waals surface area contributed by atoms with Crippen LogP contribution in [0, 0.1) is 0 Å². The summed E-state index contributed by atoms with van der Waals surface area (Å²) in [7, 11) is 0. The Morgan fingerprint density at radius 2 is 1.82 bits per heavy atom. The van der Waals surface area contributed by atoms with Gasteiger partial charge in [0.15, 0.2) is 0 Å². The third kappa shape index (κ3) is 6.85. The van der Waals surface area contributed by atoms with Gasteiger partial charge in [-0.05, 0) is 13.3 Å². The number of hydrogen-bond acceptors (Lipinski definition) is 0. The average molecular weight is 148 g/mol. The van der Waals surface area contributed by atoms with E-state index in [0.29, 0.717) is 0 Å². The minimum absolute atomic E-state index is 1.12. The first-order valence-electron chi connectivity index (χ1n) is 3.92. The van der Waals surface area contributed by atoms with Crippen molar-refractivity contribution in [3.8, 4) is 0 Å². The van der Waals surface area contributed by atoms with Gasteiger partial charge in [0.25, 0.3) is 0 Å². The van der Waals surface area contributed by atoms with Crippen LogP contribution in [0.5, 0.6) is 0 Å². The molecule has 0 saturated carbocycles. The smallest absolute Gasteiger partial charge is 0.0349 e. The molecule has 0 radical (unpaired) electrons. The van der Waals surface area contributed by atoms with E-state index in [4.69, 9.17) is 0 Å². The predicted molar refractivity (Wildman–Crippen MR) is 52.5 cm³/mol. The van der Waals surface area contributed by atoms with Crippen LogP contribution in [-0.4, -0.2) is 0 Å². The van der Waals surface area contributed by atoms with E-state index >= 15 is 0 Å². The van der Waals surface area contributed by atoms with Gasteiger partial charge < -0.3 is 0 Å². The van der Waals surface area contributed by atoms with Gasteiger partial charge in [0.05, 0.1) is 0 Å². The fourth-order valence-corrected chi connectivity index (χ4v) is 0.545. The van der Waals surface area contributed by atoms with Crippen molar-refractivity contribution < 1.29 is 0 Å². The van der Waals surface area contributed by atoms with Gasteiger partial charge in [-0.1, -0.05) is 55.5 Å². The second-order valence-corrected chi connectivity index (χ2v) is 2.37. The van der Waals surface area contributed by atoms with E-state index in [2.05, 4.69) is 26.5 Å². The highest BCUT2D eigenvalue weighted by Gasteiger charge is 1.76. The molecule has 0 aliphatic carbocycles. The van der Waals surface area contributed by atoms with Crippen LogP contribution in [0.1, 0.15) is 20.3 Å². The zero-order chi connectivity index (χ0) is 8.53. The standard InChI is InChI=1S/C11H16/c1-4-6-7-8-9-10-11(3)5-2/h4,6-10H,1,5H2,2-3H3. The summed E-state index contributed by atoms with van der Waals surface area (Å²) in [5.41, 5.74) is 1.40. The molecule has 0 aliphatic rings. The van der Waals surface area contributed by atoms with Crippen LogP contribution in [0.3, 0.4) is 0 Å². The molecule has 0 atom stereocenters. The Balaban J connectivity index is 3.76. The van der Waals surface area contributed by atoms with Gasteiger partial charge in [-0.2, -0.15) is 0 Å². The zero-order valence-corrected chi connectivity index (χ0v) is 7.38. The SMILES string of the molecule is C=CC=CC=CC=C(C)CC. The van der Waals surface area contributed by atoms with Crippen LogP contribution in [-0.2, 0) is 0 Å². The topological polar surface area (TPSA) is 0 Å². The lowest BCUT2D eigenvalue weighted by molar-refractivity contribution is 1.10. The molecule has 0 rings (SSSR count). The van der Waals surface area contributed by atoms with Crippen molar-refractivity contribution in [1.82, 2.24) is 0 Å². The van der Waals surface area contributed by atoms with Crippen LogP contribution in [0.2, 0.25) is 0 Å². The van der Waals surface area contributed by atoms with Crippen molar-refractivity contribution >= 4 is 0 Å². The quantitative estimate of drug-likeness (QED) is 0.534. The second kappa shape index (κ2) is 7.07. The molecule has 0 heterocycles. The molecule has 0 fully saturated rings. The highest BCUT2D eigenvalue weighted by atomic mass is 13.8. The minimum atomic E-state index is 1.12. The van der Waals surface area contributed by atoms with E-state index < -0.39 is 0 Å². The maximum atomic E-state index is 3.57. The first-order chi connectivity index (χ1) is 5.31. The maximum Gasteiger partial charge on any atom is -0.0349 e. The lowest BCUT2D eigenvalue weighted by atomic mass is 10.2. The predicted octanol–water partition coefficient (Wildman–Crippen LogP) is 3.64. The van der Waals surface area contributed by atoms with Gasteiger partial charge in [-0.15, -0.1) is 0 Å². The molecule has 0 aromatic carbocycles. The summed E-state index contributed by atoms with van der Waals surface area (Å²) in [6.45, 7) is 7.85. The van der Waals surface area contributed by atoms with Crippen molar-refractivity contribution in [3.05, 3.63) is 48.6 Å². The Bertz CT molecular complexity index is 180. The lowest BCUT2D eigenvalue weighted by Crippen LogP contribution is -1.66.